The molecule has 1 amide bonds. The van der Waals surface area contributed by atoms with Crippen LogP contribution in [0.3, 0.4) is 0 Å². The van der Waals surface area contributed by atoms with Gasteiger partial charge in [0.1, 0.15) is 11.4 Å². The van der Waals surface area contributed by atoms with Crippen LogP contribution in [0.2, 0.25) is 5.02 Å². The number of aryl methyl sites for hydroxylation is 2. The van der Waals surface area contributed by atoms with Crippen molar-refractivity contribution in [2.45, 2.75) is 27.2 Å². The minimum absolute atomic E-state index is 0.120. The standard InChI is InChI=1S/C15H17ClFN3O4S/c1-4-7-20(25(22)23)11-6-5-10(16)12(13(11)17)15(21)18-14-8(2)19-24-9(14)3/h5-6H,4,7H2,1-3H3,(H,18,21)(H,22,23). The zero-order valence-electron chi connectivity index (χ0n) is 13.8. The van der Waals surface area contributed by atoms with Gasteiger partial charge in [-0.15, -0.1) is 0 Å². The molecule has 0 aliphatic heterocycles. The van der Waals surface area contributed by atoms with E-state index < -0.39 is 28.6 Å². The average Bonchev–Trinajstić information content (AvgIpc) is 2.85. The molecule has 1 aromatic heterocycles. The quantitative estimate of drug-likeness (QED) is 0.734. The van der Waals surface area contributed by atoms with Gasteiger partial charge in [-0.25, -0.2) is 8.60 Å². The van der Waals surface area contributed by atoms with Crippen LogP contribution in [0.1, 0.15) is 35.2 Å². The molecule has 0 saturated heterocycles. The third-order valence-corrected chi connectivity index (χ3v) is 4.52. The van der Waals surface area contributed by atoms with E-state index in [1.807, 2.05) is 0 Å². The molecule has 25 heavy (non-hydrogen) atoms. The van der Waals surface area contributed by atoms with E-state index in [1.54, 1.807) is 20.8 Å². The molecule has 0 bridgehead atoms. The number of hydrogen-bond acceptors (Lipinski definition) is 4. The molecule has 136 valence electrons. The summed E-state index contributed by atoms with van der Waals surface area (Å²) in [5.74, 6) is -1.42. The minimum Gasteiger partial charge on any atom is -0.359 e. The molecule has 0 fully saturated rings. The molecule has 0 spiro atoms. The Kier molecular flexibility index (Phi) is 6.15. The van der Waals surface area contributed by atoms with Gasteiger partial charge in [-0.05, 0) is 32.4 Å². The number of carbonyl (C=O) groups excluding carboxylic acids is 1. The fourth-order valence-corrected chi connectivity index (χ4v) is 3.15. The molecule has 7 nitrogen and oxygen atoms in total. The van der Waals surface area contributed by atoms with E-state index in [9.17, 15) is 17.9 Å². The Morgan fingerprint density at radius 2 is 2.16 bits per heavy atom. The van der Waals surface area contributed by atoms with Gasteiger partial charge in [-0.3, -0.25) is 13.7 Å². The van der Waals surface area contributed by atoms with Crippen LogP contribution in [0.15, 0.2) is 16.7 Å². The molecular weight excluding hydrogens is 373 g/mol. The monoisotopic (exact) mass is 389 g/mol. The molecule has 1 unspecified atom stereocenters. The van der Waals surface area contributed by atoms with Crippen LogP contribution in [0.4, 0.5) is 15.8 Å². The van der Waals surface area contributed by atoms with Gasteiger partial charge in [0.2, 0.25) is 0 Å². The van der Waals surface area contributed by atoms with Crippen molar-refractivity contribution in [1.29, 1.82) is 0 Å². The van der Waals surface area contributed by atoms with Crippen molar-refractivity contribution in [3.63, 3.8) is 0 Å². The summed E-state index contributed by atoms with van der Waals surface area (Å²) in [5.41, 5.74) is 0.145. The number of carbonyl (C=O) groups is 1. The third-order valence-electron chi connectivity index (χ3n) is 3.45. The van der Waals surface area contributed by atoms with Crippen molar-refractivity contribution in [1.82, 2.24) is 5.16 Å². The molecule has 0 aliphatic rings. The van der Waals surface area contributed by atoms with Gasteiger partial charge in [0.25, 0.3) is 17.2 Å². The van der Waals surface area contributed by atoms with E-state index in [1.165, 1.54) is 12.1 Å². The van der Waals surface area contributed by atoms with Gasteiger partial charge in [0.15, 0.2) is 11.6 Å². The van der Waals surface area contributed by atoms with Crippen molar-refractivity contribution in [3.8, 4) is 0 Å². The Morgan fingerprint density at radius 1 is 1.48 bits per heavy atom. The van der Waals surface area contributed by atoms with Crippen LogP contribution < -0.4 is 9.62 Å². The number of hydrogen-bond donors (Lipinski definition) is 2. The Labute approximate surface area is 151 Å². The number of nitrogens with one attached hydrogen (secondary N) is 1. The van der Waals surface area contributed by atoms with E-state index in [4.69, 9.17) is 16.1 Å². The summed E-state index contributed by atoms with van der Waals surface area (Å²) in [6.07, 6.45) is 0.509. The second-order valence-electron chi connectivity index (χ2n) is 5.24. The zero-order valence-corrected chi connectivity index (χ0v) is 15.4. The largest absolute Gasteiger partial charge is 0.359 e. The van der Waals surface area contributed by atoms with E-state index in [0.717, 1.165) is 4.31 Å². The number of halogens is 2. The van der Waals surface area contributed by atoms with Gasteiger partial charge in [-0.1, -0.05) is 23.7 Å². The minimum atomic E-state index is -2.44. The van der Waals surface area contributed by atoms with Crippen molar-refractivity contribution < 1.29 is 22.5 Å². The van der Waals surface area contributed by atoms with E-state index in [-0.39, 0.29) is 17.3 Å². The first kappa shape index (κ1) is 19.4. The van der Waals surface area contributed by atoms with Crippen molar-refractivity contribution >= 4 is 40.1 Å². The highest BCUT2D eigenvalue weighted by Crippen LogP contribution is 2.30. The van der Waals surface area contributed by atoms with Crippen LogP contribution in [-0.4, -0.2) is 26.4 Å². The molecule has 2 aromatic rings. The van der Waals surface area contributed by atoms with Crippen LogP contribution in [0, 0.1) is 19.7 Å². The lowest BCUT2D eigenvalue weighted by Gasteiger charge is -2.21. The SMILES string of the molecule is CCCN(c1ccc(Cl)c(C(=O)Nc2c(C)noc2C)c1F)S(=O)O. The maximum Gasteiger partial charge on any atom is 0.261 e. The number of amides is 1. The van der Waals surface area contributed by atoms with Crippen molar-refractivity contribution in [2.75, 3.05) is 16.2 Å². The topological polar surface area (TPSA) is 95.7 Å². The molecular formula is C15H17ClFN3O4S. The summed E-state index contributed by atoms with van der Waals surface area (Å²) >= 11 is 3.54. The van der Waals surface area contributed by atoms with Gasteiger partial charge in [-0.2, -0.15) is 0 Å². The van der Waals surface area contributed by atoms with E-state index in [0.29, 0.717) is 23.6 Å². The van der Waals surface area contributed by atoms with E-state index >= 15 is 0 Å². The Hall–Kier alpha value is -1.97. The summed E-state index contributed by atoms with van der Waals surface area (Å²) < 4.78 is 41.6. The van der Waals surface area contributed by atoms with Gasteiger partial charge < -0.3 is 9.84 Å². The van der Waals surface area contributed by atoms with Crippen LogP contribution in [-0.2, 0) is 11.3 Å². The molecule has 10 heteroatoms. The predicted octanol–water partition coefficient (Wildman–Crippen LogP) is 3.69. The summed E-state index contributed by atoms with van der Waals surface area (Å²) in [6.45, 7) is 5.13. The molecule has 0 saturated carbocycles. The summed E-state index contributed by atoms with van der Waals surface area (Å²) in [6, 6.07) is 2.56. The first-order valence-electron chi connectivity index (χ1n) is 7.38. The van der Waals surface area contributed by atoms with E-state index in [2.05, 4.69) is 10.5 Å². The highest BCUT2D eigenvalue weighted by Gasteiger charge is 2.25. The average molecular weight is 390 g/mol. The first-order chi connectivity index (χ1) is 11.8. The van der Waals surface area contributed by atoms with Crippen molar-refractivity contribution in [2.24, 2.45) is 0 Å². The molecule has 1 heterocycles. The fraction of sp³-hybridized carbons (Fsp3) is 0.333. The molecule has 1 aromatic carbocycles. The lowest BCUT2D eigenvalue weighted by atomic mass is 10.1. The van der Waals surface area contributed by atoms with Crippen LogP contribution in [0.5, 0.6) is 0 Å². The Bertz CT molecular complexity index is 808. The van der Waals surface area contributed by atoms with Crippen LogP contribution in [0.25, 0.3) is 0 Å². The number of anilines is 2. The van der Waals surface area contributed by atoms with Crippen molar-refractivity contribution in [3.05, 3.63) is 40.0 Å². The molecule has 1 atom stereocenters. The highest BCUT2D eigenvalue weighted by molar-refractivity contribution is 7.80. The maximum atomic E-state index is 14.9. The first-order valence-corrected chi connectivity index (χ1v) is 8.82. The molecule has 0 aliphatic carbocycles. The lowest BCUT2D eigenvalue weighted by Crippen LogP contribution is -2.28. The number of rotatable bonds is 6. The molecule has 2 rings (SSSR count). The van der Waals surface area contributed by atoms with Gasteiger partial charge in [0.05, 0.1) is 16.3 Å². The number of benzene rings is 1. The zero-order chi connectivity index (χ0) is 18.7. The normalized spacial score (nSPS) is 12.1. The second kappa shape index (κ2) is 7.94. The summed E-state index contributed by atoms with van der Waals surface area (Å²) in [4.78, 5) is 12.5. The lowest BCUT2D eigenvalue weighted by molar-refractivity contribution is 0.102. The fourth-order valence-electron chi connectivity index (χ4n) is 2.27. The maximum absolute atomic E-state index is 14.9. The summed E-state index contributed by atoms with van der Waals surface area (Å²) in [7, 11) is 0. The number of nitrogens with zero attached hydrogens (tertiary/aromatic N) is 2. The smallest absolute Gasteiger partial charge is 0.261 e. The van der Waals surface area contributed by atoms with Gasteiger partial charge in [0, 0.05) is 6.54 Å². The summed E-state index contributed by atoms with van der Waals surface area (Å²) in [5, 5.41) is 6.09. The van der Waals surface area contributed by atoms with Gasteiger partial charge >= 0.3 is 0 Å². The Balaban J connectivity index is 2.45. The number of aromatic nitrogens is 1. The predicted molar refractivity (Wildman–Crippen MR) is 93.7 cm³/mol. The Morgan fingerprint density at radius 3 is 2.68 bits per heavy atom. The second-order valence-corrected chi connectivity index (χ2v) is 6.55. The third kappa shape index (κ3) is 4.00. The van der Waals surface area contributed by atoms with Crippen LogP contribution >= 0.6 is 11.6 Å². The highest BCUT2D eigenvalue weighted by atomic mass is 35.5. The molecule has 0 radical (unpaired) electrons. The molecule has 2 N–H and O–H groups in total.